The van der Waals surface area contributed by atoms with Crippen LogP contribution in [0.4, 0.5) is 0 Å². The van der Waals surface area contributed by atoms with Crippen molar-refractivity contribution in [2.24, 2.45) is 0 Å². The maximum atomic E-state index is 12.0. The Balaban J connectivity index is 1.99. The second-order valence-corrected chi connectivity index (χ2v) is 7.54. The summed E-state index contributed by atoms with van der Waals surface area (Å²) in [6, 6.07) is 9.42. The van der Waals surface area contributed by atoms with Gasteiger partial charge in [0.2, 0.25) is 10.0 Å². The van der Waals surface area contributed by atoms with E-state index in [2.05, 4.69) is 17.7 Å². The van der Waals surface area contributed by atoms with Crippen LogP contribution in [0.1, 0.15) is 71.1 Å². The number of hydrogen-bond donors (Lipinski definition) is 1. The van der Waals surface area contributed by atoms with Crippen LogP contribution in [-0.2, 0) is 10.0 Å². The van der Waals surface area contributed by atoms with Gasteiger partial charge in [0.1, 0.15) is 0 Å². The van der Waals surface area contributed by atoms with Crippen molar-refractivity contribution in [3.8, 4) is 0 Å². The lowest BCUT2D eigenvalue weighted by Gasteiger charge is -2.06. The smallest absolute Gasteiger partial charge is 0.211 e. The monoisotopic (exact) mass is 324 g/mol. The van der Waals surface area contributed by atoms with Crippen molar-refractivity contribution in [1.29, 1.82) is 0 Å². The molecule has 0 unspecified atom stereocenters. The first-order valence-corrected chi connectivity index (χ1v) is 10.1. The summed E-state index contributed by atoms with van der Waals surface area (Å²) in [6.07, 6.45) is 12.5. The molecule has 0 aliphatic heterocycles. The molecule has 1 aromatic rings. The van der Waals surface area contributed by atoms with Crippen molar-refractivity contribution < 1.29 is 8.42 Å². The third-order valence-electron chi connectivity index (χ3n) is 3.79. The molecule has 0 aliphatic rings. The second-order valence-electron chi connectivity index (χ2n) is 5.81. The van der Waals surface area contributed by atoms with E-state index in [1.54, 1.807) is 24.3 Å². The van der Waals surface area contributed by atoms with Gasteiger partial charge < -0.3 is 0 Å². The molecule has 125 valence electrons. The predicted molar refractivity (Wildman–Crippen MR) is 92.3 cm³/mol. The number of unbranched alkanes of at least 4 members (excludes halogenated alkanes) is 9. The van der Waals surface area contributed by atoms with E-state index in [0.717, 1.165) is 12.8 Å². The largest absolute Gasteiger partial charge is 0.241 e. The summed E-state index contributed by atoms with van der Waals surface area (Å²) in [5.74, 6) is 0. The molecule has 1 rings (SSSR count). The van der Waals surface area contributed by atoms with Gasteiger partial charge in [-0.25, -0.2) is 13.1 Å². The molecule has 22 heavy (non-hydrogen) atoms. The van der Waals surface area contributed by atoms with E-state index in [-0.39, 0.29) is 4.90 Å². The number of benzene rings is 1. The third kappa shape index (κ3) is 8.54. The standard InChI is InChI=1S/C18H30NO2S/c1-2-3-4-5-6-7-8-9-10-14-17-19-22(20,21)18-15-12-11-13-16-18/h11-13,15,19H,2-10,14,17H2,1H3. The fraction of sp³-hybridized carbons (Fsp3) is 0.667. The Morgan fingerprint density at radius 2 is 1.50 bits per heavy atom. The molecule has 0 fully saturated rings. The van der Waals surface area contributed by atoms with Gasteiger partial charge in [-0.2, -0.15) is 0 Å². The first-order valence-electron chi connectivity index (χ1n) is 8.63. The zero-order chi connectivity index (χ0) is 16.1. The third-order valence-corrected chi connectivity index (χ3v) is 5.21. The van der Waals surface area contributed by atoms with Crippen LogP contribution in [0.3, 0.4) is 0 Å². The van der Waals surface area contributed by atoms with Gasteiger partial charge in [-0.15, -0.1) is 0 Å². The van der Waals surface area contributed by atoms with Gasteiger partial charge in [0.05, 0.1) is 4.90 Å². The van der Waals surface area contributed by atoms with Gasteiger partial charge >= 0.3 is 0 Å². The number of hydrogen-bond acceptors (Lipinski definition) is 2. The fourth-order valence-corrected chi connectivity index (χ4v) is 3.49. The number of rotatable bonds is 13. The zero-order valence-electron chi connectivity index (χ0n) is 13.8. The lowest BCUT2D eigenvalue weighted by molar-refractivity contribution is 0.549. The Kier molecular flexibility index (Phi) is 10.2. The average Bonchev–Trinajstić information content (AvgIpc) is 2.53. The Hall–Kier alpha value is -0.870. The second kappa shape index (κ2) is 11.7. The summed E-state index contributed by atoms with van der Waals surface area (Å²) in [6.45, 7) is 2.76. The van der Waals surface area contributed by atoms with Crippen molar-refractivity contribution in [3.63, 3.8) is 0 Å². The summed E-state index contributed by atoms with van der Waals surface area (Å²) in [7, 11) is -3.38. The maximum absolute atomic E-state index is 12.0. The maximum Gasteiger partial charge on any atom is 0.241 e. The molecule has 0 spiro atoms. The Labute approximate surface area is 136 Å². The van der Waals surface area contributed by atoms with Gasteiger partial charge in [-0.1, -0.05) is 82.9 Å². The van der Waals surface area contributed by atoms with E-state index >= 15 is 0 Å². The lowest BCUT2D eigenvalue weighted by Crippen LogP contribution is -2.24. The van der Waals surface area contributed by atoms with Crippen LogP contribution in [-0.4, -0.2) is 15.0 Å². The van der Waals surface area contributed by atoms with Crippen molar-refractivity contribution in [1.82, 2.24) is 4.72 Å². The molecular weight excluding hydrogens is 294 g/mol. The number of sulfonamides is 1. The normalized spacial score (nSPS) is 11.7. The van der Waals surface area contributed by atoms with Crippen LogP contribution in [0.5, 0.6) is 0 Å². The van der Waals surface area contributed by atoms with Crippen LogP contribution >= 0.6 is 0 Å². The average molecular weight is 325 g/mol. The summed E-state index contributed by atoms with van der Waals surface area (Å²) >= 11 is 0. The minimum absolute atomic E-state index is 0.224. The molecule has 0 heterocycles. The molecule has 0 amide bonds. The molecular formula is C18H30NO2S. The van der Waals surface area contributed by atoms with E-state index in [1.165, 1.54) is 51.4 Å². The zero-order valence-corrected chi connectivity index (χ0v) is 14.6. The molecule has 0 atom stereocenters. The summed E-state index contributed by atoms with van der Waals surface area (Å²) < 4.78 is 26.5. The van der Waals surface area contributed by atoms with E-state index < -0.39 is 10.0 Å². The van der Waals surface area contributed by atoms with Crippen LogP contribution in [0.15, 0.2) is 29.2 Å². The molecule has 0 aromatic heterocycles. The molecule has 0 saturated carbocycles. The van der Waals surface area contributed by atoms with Crippen molar-refractivity contribution in [3.05, 3.63) is 30.3 Å². The number of nitrogens with one attached hydrogen (secondary N) is 1. The highest BCUT2D eigenvalue weighted by atomic mass is 32.2. The molecule has 4 heteroatoms. The van der Waals surface area contributed by atoms with E-state index in [9.17, 15) is 8.42 Å². The van der Waals surface area contributed by atoms with E-state index in [1.807, 2.05) is 0 Å². The minimum Gasteiger partial charge on any atom is -0.211 e. The van der Waals surface area contributed by atoms with Gasteiger partial charge in [0.15, 0.2) is 0 Å². The van der Waals surface area contributed by atoms with Gasteiger partial charge in [0.25, 0.3) is 0 Å². The molecule has 0 bridgehead atoms. The highest BCUT2D eigenvalue weighted by Gasteiger charge is 2.11. The Morgan fingerprint density at radius 3 is 2.05 bits per heavy atom. The summed E-state index contributed by atoms with van der Waals surface area (Å²) in [5, 5.41) is 0. The van der Waals surface area contributed by atoms with Gasteiger partial charge in [-0.05, 0) is 12.5 Å². The quantitative estimate of drug-likeness (QED) is 0.535. The SMILES string of the molecule is CCCCCCCCCCCCNS(=O)(=O)c1[c]cccc1. The van der Waals surface area contributed by atoms with Crippen molar-refractivity contribution in [2.45, 2.75) is 76.0 Å². The van der Waals surface area contributed by atoms with Crippen molar-refractivity contribution >= 4 is 10.0 Å². The highest BCUT2D eigenvalue weighted by Crippen LogP contribution is 2.11. The highest BCUT2D eigenvalue weighted by molar-refractivity contribution is 7.89. The molecule has 1 N–H and O–H groups in total. The minimum atomic E-state index is -3.38. The Bertz CT molecular complexity index is 471. The molecule has 0 saturated heterocycles. The lowest BCUT2D eigenvalue weighted by atomic mass is 10.1. The molecule has 3 nitrogen and oxygen atoms in total. The van der Waals surface area contributed by atoms with Crippen LogP contribution in [0.25, 0.3) is 0 Å². The fourth-order valence-electron chi connectivity index (χ4n) is 2.44. The van der Waals surface area contributed by atoms with Crippen LogP contribution in [0, 0.1) is 6.07 Å². The van der Waals surface area contributed by atoms with Crippen molar-refractivity contribution in [2.75, 3.05) is 6.54 Å². The van der Waals surface area contributed by atoms with Crippen LogP contribution in [0.2, 0.25) is 0 Å². The summed E-state index contributed by atoms with van der Waals surface area (Å²) in [4.78, 5) is 0.224. The molecule has 1 radical (unpaired) electrons. The van der Waals surface area contributed by atoms with E-state index in [0.29, 0.717) is 6.54 Å². The summed E-state index contributed by atoms with van der Waals surface area (Å²) in [5.41, 5.74) is 0. The molecule has 0 aliphatic carbocycles. The van der Waals surface area contributed by atoms with Crippen LogP contribution < -0.4 is 4.72 Å². The van der Waals surface area contributed by atoms with Gasteiger partial charge in [0, 0.05) is 12.6 Å². The van der Waals surface area contributed by atoms with E-state index in [4.69, 9.17) is 0 Å². The first kappa shape index (κ1) is 19.2. The first-order chi connectivity index (χ1) is 10.7. The molecule has 1 aromatic carbocycles. The topological polar surface area (TPSA) is 46.2 Å². The Morgan fingerprint density at radius 1 is 0.909 bits per heavy atom. The predicted octanol–water partition coefficient (Wildman–Crippen LogP) is 4.69. The van der Waals surface area contributed by atoms with Gasteiger partial charge in [-0.3, -0.25) is 0 Å².